The third kappa shape index (κ3) is 6.50. The maximum Gasteiger partial charge on any atom is 0.573 e. The van der Waals surface area contributed by atoms with E-state index in [2.05, 4.69) is 4.74 Å². The lowest BCUT2D eigenvalue weighted by Crippen LogP contribution is -2.60. The number of hydrogen-bond acceptors (Lipinski definition) is 5. The van der Waals surface area contributed by atoms with Gasteiger partial charge in [0.15, 0.2) is 0 Å². The van der Waals surface area contributed by atoms with E-state index < -0.39 is 18.1 Å². The Bertz CT molecular complexity index is 688. The molecule has 1 amide bonds. The van der Waals surface area contributed by atoms with Crippen LogP contribution < -0.4 is 4.74 Å². The molecule has 1 unspecified atom stereocenters. The van der Waals surface area contributed by atoms with E-state index in [4.69, 9.17) is 4.74 Å². The highest BCUT2D eigenvalue weighted by atomic mass is 19.4. The number of rotatable bonds is 4. The molecule has 29 heavy (non-hydrogen) atoms. The van der Waals surface area contributed by atoms with Gasteiger partial charge < -0.3 is 19.5 Å². The van der Waals surface area contributed by atoms with Crippen LogP contribution in [0.25, 0.3) is 0 Å². The van der Waals surface area contributed by atoms with E-state index in [0.29, 0.717) is 13.1 Å². The molecule has 0 aromatic heterocycles. The second-order valence-corrected chi connectivity index (χ2v) is 8.31. The highest BCUT2D eigenvalue weighted by Crippen LogP contribution is 2.30. The van der Waals surface area contributed by atoms with Gasteiger partial charge in [0.25, 0.3) is 0 Å². The standard InChI is InChI=1S/C20H29F3N2O4/c1-13-10-25(16(12-26)11-24(13)18(27)29-19(3,4)5)14(2)15-6-8-17(9-7-15)28-20(21,22)23/h6-9,13-14,16,26H,10-12H2,1-5H3/t13-,14?,16-/m0/s1. The predicted octanol–water partition coefficient (Wildman–Crippen LogP) is 3.95. The highest BCUT2D eigenvalue weighted by molar-refractivity contribution is 5.68. The van der Waals surface area contributed by atoms with Gasteiger partial charge in [-0.1, -0.05) is 12.1 Å². The maximum atomic E-state index is 12.5. The molecule has 2 rings (SSSR count). The Morgan fingerprint density at radius 1 is 1.21 bits per heavy atom. The van der Waals surface area contributed by atoms with Gasteiger partial charge in [-0.3, -0.25) is 4.90 Å². The Morgan fingerprint density at radius 3 is 2.28 bits per heavy atom. The zero-order valence-corrected chi connectivity index (χ0v) is 17.4. The normalized spacial score (nSPS) is 22.3. The second kappa shape index (κ2) is 8.79. The average Bonchev–Trinajstić information content (AvgIpc) is 2.58. The second-order valence-electron chi connectivity index (χ2n) is 8.31. The number of benzene rings is 1. The van der Waals surface area contributed by atoms with E-state index in [1.807, 2.05) is 18.7 Å². The van der Waals surface area contributed by atoms with Crippen LogP contribution in [0.1, 0.15) is 46.2 Å². The summed E-state index contributed by atoms with van der Waals surface area (Å²) in [5.41, 5.74) is 0.173. The number of ether oxygens (including phenoxy) is 2. The van der Waals surface area contributed by atoms with E-state index in [9.17, 15) is 23.1 Å². The zero-order chi connectivity index (χ0) is 22.0. The number of nitrogens with zero attached hydrogens (tertiary/aromatic N) is 2. The molecular formula is C20H29F3N2O4. The van der Waals surface area contributed by atoms with Crippen molar-refractivity contribution in [3.8, 4) is 5.75 Å². The summed E-state index contributed by atoms with van der Waals surface area (Å²) in [6.45, 7) is 9.83. The largest absolute Gasteiger partial charge is 0.573 e. The lowest BCUT2D eigenvalue weighted by molar-refractivity contribution is -0.274. The molecule has 164 valence electrons. The first kappa shape index (κ1) is 23.3. The van der Waals surface area contributed by atoms with Gasteiger partial charge in [0.05, 0.1) is 12.6 Å². The first-order chi connectivity index (χ1) is 13.3. The third-order valence-electron chi connectivity index (χ3n) is 4.82. The number of carbonyl (C=O) groups excluding carboxylic acids is 1. The van der Waals surface area contributed by atoms with Crippen LogP contribution in [0.3, 0.4) is 0 Å². The van der Waals surface area contributed by atoms with Gasteiger partial charge >= 0.3 is 12.5 Å². The smallest absolute Gasteiger partial charge is 0.444 e. The van der Waals surface area contributed by atoms with Crippen LogP contribution in [0.2, 0.25) is 0 Å². The molecule has 1 aliphatic heterocycles. The number of halogens is 3. The maximum absolute atomic E-state index is 12.5. The molecule has 0 bridgehead atoms. The molecule has 3 atom stereocenters. The highest BCUT2D eigenvalue weighted by Gasteiger charge is 2.38. The Morgan fingerprint density at radius 2 is 1.79 bits per heavy atom. The molecular weight excluding hydrogens is 389 g/mol. The number of aliphatic hydroxyl groups is 1. The van der Waals surface area contributed by atoms with Gasteiger partial charge in [-0.25, -0.2) is 4.79 Å². The molecule has 0 aliphatic carbocycles. The first-order valence-electron chi connectivity index (χ1n) is 9.52. The summed E-state index contributed by atoms with van der Waals surface area (Å²) in [6.07, 6.45) is -5.16. The number of aliphatic hydroxyl groups excluding tert-OH is 1. The monoisotopic (exact) mass is 418 g/mol. The Labute approximate surface area is 169 Å². The summed E-state index contributed by atoms with van der Waals surface area (Å²) in [6, 6.07) is 5.05. The van der Waals surface area contributed by atoms with Crippen molar-refractivity contribution in [2.24, 2.45) is 0 Å². The van der Waals surface area contributed by atoms with Gasteiger partial charge in [-0.05, 0) is 52.3 Å². The van der Waals surface area contributed by atoms with Crippen molar-refractivity contribution in [1.82, 2.24) is 9.80 Å². The van der Waals surface area contributed by atoms with E-state index in [1.165, 1.54) is 12.1 Å². The quantitative estimate of drug-likeness (QED) is 0.802. The van der Waals surface area contributed by atoms with E-state index in [-0.39, 0.29) is 30.5 Å². The minimum atomic E-state index is -4.73. The molecule has 1 aromatic carbocycles. The molecule has 1 heterocycles. The van der Waals surface area contributed by atoms with E-state index >= 15 is 0 Å². The average molecular weight is 418 g/mol. The Balaban J connectivity index is 2.11. The molecule has 6 nitrogen and oxygen atoms in total. The predicted molar refractivity (Wildman–Crippen MR) is 102 cm³/mol. The molecule has 1 aliphatic rings. The summed E-state index contributed by atoms with van der Waals surface area (Å²) in [4.78, 5) is 16.1. The summed E-state index contributed by atoms with van der Waals surface area (Å²) < 4.78 is 46.4. The number of piperazine rings is 1. The van der Waals surface area contributed by atoms with Crippen molar-refractivity contribution in [3.05, 3.63) is 29.8 Å². The molecule has 1 aromatic rings. The lowest BCUT2D eigenvalue weighted by atomic mass is 10.0. The summed E-state index contributed by atoms with van der Waals surface area (Å²) in [7, 11) is 0. The number of alkyl halides is 3. The number of hydrogen-bond donors (Lipinski definition) is 1. The topological polar surface area (TPSA) is 62.2 Å². The van der Waals surface area contributed by atoms with Gasteiger partial charge in [-0.15, -0.1) is 13.2 Å². The zero-order valence-electron chi connectivity index (χ0n) is 17.4. The molecule has 0 spiro atoms. The lowest BCUT2D eigenvalue weighted by Gasteiger charge is -2.47. The van der Waals surface area contributed by atoms with Crippen LogP contribution in [0.5, 0.6) is 5.75 Å². The first-order valence-corrected chi connectivity index (χ1v) is 9.52. The van der Waals surface area contributed by atoms with Crippen molar-refractivity contribution in [1.29, 1.82) is 0 Å². The summed E-state index contributed by atoms with van der Waals surface area (Å²) in [5, 5.41) is 9.88. The summed E-state index contributed by atoms with van der Waals surface area (Å²) >= 11 is 0. The third-order valence-corrected chi connectivity index (χ3v) is 4.82. The summed E-state index contributed by atoms with van der Waals surface area (Å²) in [5.74, 6) is -0.282. The van der Waals surface area contributed by atoms with Crippen LogP contribution in [-0.4, -0.2) is 64.7 Å². The molecule has 9 heteroatoms. The minimum absolute atomic E-state index is 0.150. The van der Waals surface area contributed by atoms with E-state index in [0.717, 1.165) is 5.56 Å². The van der Waals surface area contributed by atoms with Crippen molar-refractivity contribution in [2.45, 2.75) is 64.7 Å². The van der Waals surface area contributed by atoms with E-state index in [1.54, 1.807) is 37.8 Å². The molecule has 1 saturated heterocycles. The fourth-order valence-electron chi connectivity index (χ4n) is 3.42. The molecule has 1 N–H and O–H groups in total. The molecule has 0 radical (unpaired) electrons. The van der Waals surface area contributed by atoms with Gasteiger partial charge in [-0.2, -0.15) is 0 Å². The minimum Gasteiger partial charge on any atom is -0.444 e. The molecule has 1 fully saturated rings. The van der Waals surface area contributed by atoms with Crippen LogP contribution >= 0.6 is 0 Å². The van der Waals surface area contributed by atoms with Crippen molar-refractivity contribution in [3.63, 3.8) is 0 Å². The van der Waals surface area contributed by atoms with Crippen molar-refractivity contribution < 1.29 is 32.5 Å². The van der Waals surface area contributed by atoms with Crippen LogP contribution in [0.4, 0.5) is 18.0 Å². The Hall–Kier alpha value is -2.00. The van der Waals surface area contributed by atoms with Gasteiger partial charge in [0.2, 0.25) is 0 Å². The van der Waals surface area contributed by atoms with Crippen LogP contribution in [0.15, 0.2) is 24.3 Å². The number of carbonyl (C=O) groups is 1. The van der Waals surface area contributed by atoms with Crippen molar-refractivity contribution in [2.75, 3.05) is 19.7 Å². The SMILES string of the molecule is CC(c1ccc(OC(F)(F)F)cc1)N1C[C@H](C)N(C(=O)OC(C)(C)C)C[C@H]1CO. The Kier molecular flexibility index (Phi) is 7.06. The molecule has 0 saturated carbocycles. The van der Waals surface area contributed by atoms with Gasteiger partial charge in [0.1, 0.15) is 11.4 Å². The van der Waals surface area contributed by atoms with Gasteiger partial charge in [0, 0.05) is 25.2 Å². The van der Waals surface area contributed by atoms with Crippen LogP contribution in [0, 0.1) is 0 Å². The fraction of sp³-hybridized carbons (Fsp3) is 0.650. The fourth-order valence-corrected chi connectivity index (χ4v) is 3.42. The van der Waals surface area contributed by atoms with Crippen molar-refractivity contribution >= 4 is 6.09 Å². The van der Waals surface area contributed by atoms with Crippen LogP contribution in [-0.2, 0) is 4.74 Å². The number of amides is 1.